The average molecular weight is 327 g/mol. The van der Waals surface area contributed by atoms with Crippen molar-refractivity contribution in [2.24, 2.45) is 0 Å². The van der Waals surface area contributed by atoms with Gasteiger partial charge in [0, 0.05) is 11.6 Å². The van der Waals surface area contributed by atoms with Crippen molar-refractivity contribution in [1.82, 2.24) is 4.90 Å². The van der Waals surface area contributed by atoms with Crippen LogP contribution in [-0.2, 0) is 0 Å². The highest BCUT2D eigenvalue weighted by Crippen LogP contribution is 2.44. The van der Waals surface area contributed by atoms with Gasteiger partial charge in [-0.25, -0.2) is 0 Å². The molecule has 2 aliphatic rings. The second kappa shape index (κ2) is 6.24. The minimum Gasteiger partial charge on any atom is -0.507 e. The van der Waals surface area contributed by atoms with E-state index < -0.39 is 0 Å². The van der Waals surface area contributed by atoms with E-state index in [1.165, 1.54) is 12.8 Å². The van der Waals surface area contributed by atoms with Crippen molar-refractivity contribution in [2.75, 3.05) is 27.0 Å². The lowest BCUT2D eigenvalue weighted by Crippen LogP contribution is -2.26. The Bertz CT molecular complexity index is 723. The molecule has 1 atom stereocenters. The van der Waals surface area contributed by atoms with Crippen LogP contribution < -0.4 is 14.2 Å². The van der Waals surface area contributed by atoms with Gasteiger partial charge in [-0.1, -0.05) is 12.1 Å². The Kier molecular flexibility index (Phi) is 3.94. The highest BCUT2D eigenvalue weighted by Gasteiger charge is 2.29. The smallest absolute Gasteiger partial charge is 0.231 e. The maximum atomic E-state index is 10.6. The molecule has 1 saturated heterocycles. The maximum absolute atomic E-state index is 10.6. The van der Waals surface area contributed by atoms with Crippen molar-refractivity contribution < 1.29 is 19.3 Å². The predicted octanol–water partition coefficient (Wildman–Crippen LogP) is 3.31. The predicted molar refractivity (Wildman–Crippen MR) is 89.9 cm³/mol. The lowest BCUT2D eigenvalue weighted by molar-refractivity contribution is 0.173. The van der Waals surface area contributed by atoms with Gasteiger partial charge in [-0.05, 0) is 49.7 Å². The Morgan fingerprint density at radius 2 is 1.71 bits per heavy atom. The van der Waals surface area contributed by atoms with E-state index in [0.29, 0.717) is 11.5 Å². The molecule has 2 aliphatic heterocycles. The first-order valence-electron chi connectivity index (χ1n) is 8.27. The number of nitrogens with zero attached hydrogens (tertiary/aromatic N) is 1. The molecule has 0 spiro atoms. The lowest BCUT2D eigenvalue weighted by Gasteiger charge is -2.29. The minimum atomic E-state index is -0.00657. The molecule has 126 valence electrons. The normalized spacial score (nSPS) is 17.9. The monoisotopic (exact) mass is 327 g/mol. The van der Waals surface area contributed by atoms with Gasteiger partial charge in [-0.2, -0.15) is 0 Å². The highest BCUT2D eigenvalue weighted by atomic mass is 16.7. The number of rotatable bonds is 4. The van der Waals surface area contributed by atoms with Crippen LogP contribution in [-0.4, -0.2) is 37.0 Å². The summed E-state index contributed by atoms with van der Waals surface area (Å²) < 4.78 is 16.1. The zero-order chi connectivity index (χ0) is 16.5. The number of methoxy groups -OCH3 is 1. The van der Waals surface area contributed by atoms with E-state index in [0.717, 1.165) is 30.0 Å². The lowest BCUT2D eigenvalue weighted by atomic mass is 9.96. The molecule has 5 nitrogen and oxygen atoms in total. The topological polar surface area (TPSA) is 51.2 Å². The largest absolute Gasteiger partial charge is 0.507 e. The molecule has 24 heavy (non-hydrogen) atoms. The third kappa shape index (κ3) is 2.65. The molecule has 1 N–H and O–H groups in total. The van der Waals surface area contributed by atoms with Crippen LogP contribution in [0.2, 0.25) is 0 Å². The van der Waals surface area contributed by atoms with Crippen molar-refractivity contribution in [1.29, 1.82) is 0 Å². The summed E-state index contributed by atoms with van der Waals surface area (Å²) in [4.78, 5) is 2.40. The first kappa shape index (κ1) is 15.1. The molecule has 1 fully saturated rings. The average Bonchev–Trinajstić information content (AvgIpc) is 3.27. The summed E-state index contributed by atoms with van der Waals surface area (Å²) in [5.74, 6) is 2.37. The zero-order valence-electron chi connectivity index (χ0n) is 13.7. The molecule has 5 heteroatoms. The van der Waals surface area contributed by atoms with Gasteiger partial charge in [0.2, 0.25) is 6.79 Å². The highest BCUT2D eigenvalue weighted by molar-refractivity contribution is 5.54. The van der Waals surface area contributed by atoms with Crippen LogP contribution in [0.25, 0.3) is 0 Å². The molecular formula is C19H21NO4. The Morgan fingerprint density at radius 3 is 2.38 bits per heavy atom. The minimum absolute atomic E-state index is 0.00657. The number of benzene rings is 2. The van der Waals surface area contributed by atoms with E-state index in [1.54, 1.807) is 13.2 Å². The van der Waals surface area contributed by atoms with Crippen LogP contribution in [0, 0.1) is 0 Å². The molecule has 0 unspecified atom stereocenters. The van der Waals surface area contributed by atoms with Crippen LogP contribution in [0.5, 0.6) is 23.0 Å². The fraction of sp³-hybridized carbons (Fsp3) is 0.368. The summed E-state index contributed by atoms with van der Waals surface area (Å²) in [5, 5.41) is 10.6. The first-order chi connectivity index (χ1) is 11.8. The van der Waals surface area contributed by atoms with E-state index in [4.69, 9.17) is 14.2 Å². The standard InChI is InChI=1S/C19H21NO4/c1-22-14-6-4-13(5-7-14)19(20-8-2-3-9-20)15-10-17-18(11-16(15)21)24-12-23-17/h4-7,10-11,19,21H,2-3,8-9,12H2,1H3/t19-/m0/s1. The van der Waals surface area contributed by atoms with E-state index in [-0.39, 0.29) is 18.6 Å². The SMILES string of the molecule is COc1ccc([C@@H](c2cc3c(cc2O)OCO3)N2CCCC2)cc1. The molecule has 0 aliphatic carbocycles. The van der Waals surface area contributed by atoms with Crippen molar-refractivity contribution in [3.8, 4) is 23.0 Å². The van der Waals surface area contributed by atoms with Crippen molar-refractivity contribution in [2.45, 2.75) is 18.9 Å². The van der Waals surface area contributed by atoms with Gasteiger partial charge in [-0.3, -0.25) is 4.90 Å². The van der Waals surface area contributed by atoms with Gasteiger partial charge in [0.25, 0.3) is 0 Å². The second-order valence-electron chi connectivity index (χ2n) is 6.18. The molecular weight excluding hydrogens is 306 g/mol. The third-order valence-electron chi connectivity index (χ3n) is 4.75. The van der Waals surface area contributed by atoms with Crippen LogP contribution in [0.3, 0.4) is 0 Å². The van der Waals surface area contributed by atoms with Crippen LogP contribution >= 0.6 is 0 Å². The summed E-state index contributed by atoms with van der Waals surface area (Å²) >= 11 is 0. The first-order valence-corrected chi connectivity index (χ1v) is 8.27. The molecule has 0 bridgehead atoms. The molecule has 0 saturated carbocycles. The summed E-state index contributed by atoms with van der Waals surface area (Å²) in [5.41, 5.74) is 1.98. The van der Waals surface area contributed by atoms with E-state index in [2.05, 4.69) is 17.0 Å². The Morgan fingerprint density at radius 1 is 1.04 bits per heavy atom. The van der Waals surface area contributed by atoms with Crippen LogP contribution in [0.15, 0.2) is 36.4 Å². The summed E-state index contributed by atoms with van der Waals surface area (Å²) in [6.45, 7) is 2.24. The molecule has 0 aromatic heterocycles. The van der Waals surface area contributed by atoms with Crippen molar-refractivity contribution in [3.63, 3.8) is 0 Å². The molecule has 2 heterocycles. The number of fused-ring (bicyclic) bond motifs is 1. The Hall–Kier alpha value is -2.40. The molecule has 0 amide bonds. The molecule has 4 rings (SSSR count). The zero-order valence-corrected chi connectivity index (χ0v) is 13.7. The number of hydrogen-bond donors (Lipinski definition) is 1. The number of phenols is 1. The third-order valence-corrected chi connectivity index (χ3v) is 4.75. The van der Waals surface area contributed by atoms with Gasteiger partial charge in [-0.15, -0.1) is 0 Å². The Labute approximate surface area is 141 Å². The number of aromatic hydroxyl groups is 1. The quantitative estimate of drug-likeness (QED) is 0.933. The van der Waals surface area contributed by atoms with E-state index in [9.17, 15) is 5.11 Å². The van der Waals surface area contributed by atoms with Crippen LogP contribution in [0.4, 0.5) is 0 Å². The second-order valence-corrected chi connectivity index (χ2v) is 6.18. The fourth-order valence-corrected chi connectivity index (χ4v) is 3.54. The summed E-state index contributed by atoms with van der Waals surface area (Å²) in [6.07, 6.45) is 2.36. The van der Waals surface area contributed by atoms with Crippen molar-refractivity contribution in [3.05, 3.63) is 47.5 Å². The van der Waals surface area contributed by atoms with Gasteiger partial charge in [0.1, 0.15) is 11.5 Å². The fourth-order valence-electron chi connectivity index (χ4n) is 3.54. The molecule has 0 radical (unpaired) electrons. The maximum Gasteiger partial charge on any atom is 0.231 e. The van der Waals surface area contributed by atoms with Gasteiger partial charge >= 0.3 is 0 Å². The molecule has 2 aromatic carbocycles. The van der Waals surface area contributed by atoms with Gasteiger partial charge in [0.15, 0.2) is 11.5 Å². The van der Waals surface area contributed by atoms with Gasteiger partial charge in [0.05, 0.1) is 13.2 Å². The Balaban J connectivity index is 1.77. The van der Waals surface area contributed by atoms with E-state index >= 15 is 0 Å². The van der Waals surface area contributed by atoms with Crippen molar-refractivity contribution >= 4 is 0 Å². The molecule has 2 aromatic rings. The number of ether oxygens (including phenoxy) is 3. The van der Waals surface area contributed by atoms with Crippen LogP contribution in [0.1, 0.15) is 30.0 Å². The summed E-state index contributed by atoms with van der Waals surface area (Å²) in [7, 11) is 1.66. The number of hydrogen-bond acceptors (Lipinski definition) is 5. The number of phenolic OH excluding ortho intramolecular Hbond substituents is 1. The number of likely N-dealkylation sites (tertiary alicyclic amines) is 1. The summed E-state index contributed by atoms with van der Waals surface area (Å²) in [6, 6.07) is 11.6. The van der Waals surface area contributed by atoms with E-state index in [1.807, 2.05) is 18.2 Å². The van der Waals surface area contributed by atoms with Gasteiger partial charge < -0.3 is 19.3 Å².